The van der Waals surface area contributed by atoms with Gasteiger partial charge in [-0.15, -0.1) is 0 Å². The van der Waals surface area contributed by atoms with Gasteiger partial charge in [-0.3, -0.25) is 0 Å². The minimum atomic E-state index is 0.539. The van der Waals surface area contributed by atoms with Crippen LogP contribution in [-0.4, -0.2) is 24.2 Å². The van der Waals surface area contributed by atoms with E-state index in [-0.39, 0.29) is 0 Å². The van der Waals surface area contributed by atoms with Gasteiger partial charge in [0.15, 0.2) is 0 Å². The van der Waals surface area contributed by atoms with Crippen LogP contribution in [0.1, 0.15) is 46.0 Å². The highest BCUT2D eigenvalue weighted by molar-refractivity contribution is 5.55. The molecule has 106 valence electrons. The molecule has 4 heteroatoms. The van der Waals surface area contributed by atoms with E-state index in [0.29, 0.717) is 24.2 Å². The van der Waals surface area contributed by atoms with Crippen LogP contribution in [0.4, 0.5) is 11.5 Å². The molecule has 2 heterocycles. The number of nitrogens with two attached hydrogens (primary N) is 1. The van der Waals surface area contributed by atoms with Crippen LogP contribution in [0.15, 0.2) is 12.1 Å². The molecule has 1 unspecified atom stereocenters. The minimum Gasteiger partial charge on any atom is -0.476 e. The number of hydrogen-bond donors (Lipinski definition) is 1. The second-order valence-corrected chi connectivity index (χ2v) is 5.30. The van der Waals surface area contributed by atoms with Gasteiger partial charge in [0.2, 0.25) is 5.88 Å². The number of ether oxygens (including phenoxy) is 1. The Morgan fingerprint density at radius 2 is 2.21 bits per heavy atom. The third kappa shape index (κ3) is 3.52. The highest BCUT2D eigenvalue weighted by Gasteiger charge is 2.19. The number of hydrogen-bond acceptors (Lipinski definition) is 4. The molecule has 19 heavy (non-hydrogen) atoms. The van der Waals surface area contributed by atoms with Crippen LogP contribution in [-0.2, 0) is 0 Å². The van der Waals surface area contributed by atoms with Crippen molar-refractivity contribution in [1.82, 2.24) is 4.98 Å². The summed E-state index contributed by atoms with van der Waals surface area (Å²) < 4.78 is 5.62. The maximum atomic E-state index is 5.92. The first kappa shape index (κ1) is 14.0. The quantitative estimate of drug-likeness (QED) is 0.906. The average molecular weight is 263 g/mol. The highest BCUT2D eigenvalue weighted by atomic mass is 16.5. The maximum absolute atomic E-state index is 5.92. The van der Waals surface area contributed by atoms with Gasteiger partial charge in [-0.1, -0.05) is 19.8 Å². The maximum Gasteiger partial charge on any atom is 0.239 e. The fourth-order valence-electron chi connectivity index (χ4n) is 2.53. The predicted octanol–water partition coefficient (Wildman–Crippen LogP) is 3.22. The van der Waals surface area contributed by atoms with Crippen molar-refractivity contribution < 1.29 is 4.74 Å². The molecule has 4 nitrogen and oxygen atoms in total. The van der Waals surface area contributed by atoms with Crippen molar-refractivity contribution in [2.75, 3.05) is 23.8 Å². The van der Waals surface area contributed by atoms with E-state index in [1.807, 2.05) is 12.1 Å². The zero-order valence-corrected chi connectivity index (χ0v) is 12.1. The topological polar surface area (TPSA) is 51.4 Å². The molecular weight excluding hydrogens is 238 g/mol. The van der Waals surface area contributed by atoms with Crippen molar-refractivity contribution in [2.24, 2.45) is 0 Å². The summed E-state index contributed by atoms with van der Waals surface area (Å²) in [5, 5.41) is 0. The van der Waals surface area contributed by atoms with Gasteiger partial charge in [0.25, 0.3) is 0 Å². The minimum absolute atomic E-state index is 0.539. The molecule has 0 amide bonds. The van der Waals surface area contributed by atoms with E-state index in [0.717, 1.165) is 18.8 Å². The SMILES string of the molecule is CCCOc1nc(N2CCCCCC2C)ccc1N. The Morgan fingerprint density at radius 3 is 3.00 bits per heavy atom. The van der Waals surface area contributed by atoms with Crippen LogP contribution in [0.5, 0.6) is 5.88 Å². The molecule has 1 fully saturated rings. The summed E-state index contributed by atoms with van der Waals surface area (Å²) in [6, 6.07) is 4.46. The Balaban J connectivity index is 2.18. The molecule has 2 N–H and O–H groups in total. The van der Waals surface area contributed by atoms with E-state index in [2.05, 4.69) is 23.7 Å². The standard InChI is InChI=1S/C15H25N3O/c1-3-11-19-15-13(16)8-9-14(17-15)18-10-6-4-5-7-12(18)2/h8-9,12H,3-7,10-11,16H2,1-2H3. The largest absolute Gasteiger partial charge is 0.476 e. The Kier molecular flexibility index (Phi) is 4.88. The van der Waals surface area contributed by atoms with Gasteiger partial charge in [-0.25, -0.2) is 0 Å². The van der Waals surface area contributed by atoms with Gasteiger partial charge in [0, 0.05) is 12.6 Å². The zero-order chi connectivity index (χ0) is 13.7. The van der Waals surface area contributed by atoms with Gasteiger partial charge < -0.3 is 15.4 Å². The Bertz CT molecular complexity index is 408. The van der Waals surface area contributed by atoms with E-state index >= 15 is 0 Å². The lowest BCUT2D eigenvalue weighted by molar-refractivity contribution is 0.307. The molecule has 1 atom stereocenters. The zero-order valence-electron chi connectivity index (χ0n) is 12.1. The number of aromatic nitrogens is 1. The average Bonchev–Trinajstić information content (AvgIpc) is 2.63. The van der Waals surface area contributed by atoms with Crippen molar-refractivity contribution in [3.05, 3.63) is 12.1 Å². The summed E-state index contributed by atoms with van der Waals surface area (Å²) in [6.07, 6.45) is 6.06. The Labute approximate surface area is 116 Å². The molecule has 0 bridgehead atoms. The first-order chi connectivity index (χ1) is 9.22. The van der Waals surface area contributed by atoms with Crippen molar-refractivity contribution >= 4 is 11.5 Å². The molecule has 0 aromatic carbocycles. The number of nitrogen functional groups attached to an aromatic ring is 1. The molecule has 0 aliphatic carbocycles. The van der Waals surface area contributed by atoms with Gasteiger partial charge in [-0.05, 0) is 38.3 Å². The van der Waals surface area contributed by atoms with Crippen molar-refractivity contribution in [1.29, 1.82) is 0 Å². The summed E-state index contributed by atoms with van der Waals surface area (Å²) in [4.78, 5) is 6.98. The fraction of sp³-hybridized carbons (Fsp3) is 0.667. The van der Waals surface area contributed by atoms with Crippen LogP contribution < -0.4 is 15.4 Å². The van der Waals surface area contributed by atoms with E-state index in [1.54, 1.807) is 0 Å². The van der Waals surface area contributed by atoms with E-state index < -0.39 is 0 Å². The Morgan fingerprint density at radius 1 is 1.37 bits per heavy atom. The number of rotatable bonds is 4. The van der Waals surface area contributed by atoms with Crippen LogP contribution in [0.3, 0.4) is 0 Å². The van der Waals surface area contributed by atoms with Crippen LogP contribution in [0, 0.1) is 0 Å². The van der Waals surface area contributed by atoms with E-state index in [9.17, 15) is 0 Å². The summed E-state index contributed by atoms with van der Waals surface area (Å²) in [7, 11) is 0. The summed E-state index contributed by atoms with van der Waals surface area (Å²) >= 11 is 0. The van der Waals surface area contributed by atoms with Gasteiger partial charge >= 0.3 is 0 Å². The van der Waals surface area contributed by atoms with E-state index in [4.69, 9.17) is 10.5 Å². The summed E-state index contributed by atoms with van der Waals surface area (Å²) in [5.74, 6) is 1.57. The predicted molar refractivity (Wildman–Crippen MR) is 79.7 cm³/mol. The van der Waals surface area contributed by atoms with Gasteiger partial charge in [0.1, 0.15) is 5.82 Å². The molecule has 0 saturated carbocycles. The third-order valence-electron chi connectivity index (χ3n) is 3.67. The third-order valence-corrected chi connectivity index (χ3v) is 3.67. The molecule has 0 spiro atoms. The van der Waals surface area contributed by atoms with Crippen molar-refractivity contribution in [3.63, 3.8) is 0 Å². The number of pyridine rings is 1. The molecule has 1 aromatic rings. The molecule has 0 radical (unpaired) electrons. The van der Waals surface area contributed by atoms with Crippen LogP contribution >= 0.6 is 0 Å². The normalized spacial score (nSPS) is 20.1. The van der Waals surface area contributed by atoms with Crippen molar-refractivity contribution in [2.45, 2.75) is 52.0 Å². The molecule has 1 aliphatic heterocycles. The first-order valence-electron chi connectivity index (χ1n) is 7.38. The van der Waals surface area contributed by atoms with Crippen molar-refractivity contribution in [3.8, 4) is 5.88 Å². The lowest BCUT2D eigenvalue weighted by atomic mass is 10.1. The molecule has 2 rings (SSSR count). The number of nitrogens with zero attached hydrogens (tertiary/aromatic N) is 2. The van der Waals surface area contributed by atoms with Crippen LogP contribution in [0.25, 0.3) is 0 Å². The van der Waals surface area contributed by atoms with Gasteiger partial charge in [-0.2, -0.15) is 4.98 Å². The fourth-order valence-corrected chi connectivity index (χ4v) is 2.53. The summed E-state index contributed by atoms with van der Waals surface area (Å²) in [5.41, 5.74) is 6.54. The Hall–Kier alpha value is -1.45. The lowest BCUT2D eigenvalue weighted by Crippen LogP contribution is -2.33. The smallest absolute Gasteiger partial charge is 0.239 e. The summed E-state index contributed by atoms with van der Waals surface area (Å²) in [6.45, 7) is 6.09. The molecule has 1 aliphatic rings. The molecule has 1 saturated heterocycles. The van der Waals surface area contributed by atoms with Gasteiger partial charge in [0.05, 0.1) is 12.3 Å². The first-order valence-corrected chi connectivity index (χ1v) is 7.38. The monoisotopic (exact) mass is 263 g/mol. The van der Waals surface area contributed by atoms with Crippen LogP contribution in [0.2, 0.25) is 0 Å². The molecular formula is C15H25N3O. The highest BCUT2D eigenvalue weighted by Crippen LogP contribution is 2.27. The van der Waals surface area contributed by atoms with E-state index in [1.165, 1.54) is 25.7 Å². The molecule has 1 aromatic heterocycles. The second-order valence-electron chi connectivity index (χ2n) is 5.30. The second kappa shape index (κ2) is 6.64. The lowest BCUT2D eigenvalue weighted by Gasteiger charge is -2.28. The number of anilines is 2.